The van der Waals surface area contributed by atoms with Gasteiger partial charge < -0.3 is 10.1 Å². The molecule has 0 amide bonds. The molecule has 2 aromatic rings. The van der Waals surface area contributed by atoms with Crippen molar-refractivity contribution in [3.05, 3.63) is 52.8 Å². The lowest BCUT2D eigenvalue weighted by Gasteiger charge is -2.30. The zero-order valence-corrected chi connectivity index (χ0v) is 12.2. The van der Waals surface area contributed by atoms with Crippen LogP contribution in [0.2, 0.25) is 5.02 Å². The number of benzene rings is 1. The summed E-state index contributed by atoms with van der Waals surface area (Å²) < 4.78 is 7.83. The number of nitrogens with zero attached hydrogens (tertiary/aromatic N) is 2. The molecule has 1 aromatic carbocycles. The monoisotopic (exact) mass is 291 g/mol. The Morgan fingerprint density at radius 3 is 2.75 bits per heavy atom. The van der Waals surface area contributed by atoms with Crippen LogP contribution in [-0.4, -0.2) is 29.0 Å². The van der Waals surface area contributed by atoms with Crippen molar-refractivity contribution < 1.29 is 4.74 Å². The highest BCUT2D eigenvalue weighted by Gasteiger charge is 2.24. The van der Waals surface area contributed by atoms with Crippen LogP contribution in [0.5, 0.6) is 0 Å². The summed E-state index contributed by atoms with van der Waals surface area (Å²) in [7, 11) is 1.94. The van der Waals surface area contributed by atoms with Gasteiger partial charge in [0, 0.05) is 30.9 Å². The van der Waals surface area contributed by atoms with Gasteiger partial charge in [0.2, 0.25) is 0 Å². The van der Waals surface area contributed by atoms with Crippen LogP contribution in [0.15, 0.2) is 36.5 Å². The first-order chi connectivity index (χ1) is 9.72. The third-order valence-electron chi connectivity index (χ3n) is 3.67. The number of aromatic nitrogens is 2. The quantitative estimate of drug-likeness (QED) is 0.943. The van der Waals surface area contributed by atoms with Gasteiger partial charge in [0.05, 0.1) is 12.3 Å². The van der Waals surface area contributed by atoms with E-state index in [4.69, 9.17) is 16.3 Å². The molecule has 0 bridgehead atoms. The standard InChI is InChI=1S/C15H18ClN3O/c1-19-14(6-7-18-19)15-9-17-13(10-20-15)8-11-2-4-12(16)5-3-11/h2-7,13,15,17H,8-10H2,1H3. The molecule has 4 nitrogen and oxygen atoms in total. The van der Waals surface area contributed by atoms with E-state index < -0.39 is 0 Å². The van der Waals surface area contributed by atoms with Gasteiger partial charge in [-0.3, -0.25) is 4.68 Å². The molecule has 0 radical (unpaired) electrons. The second kappa shape index (κ2) is 5.95. The Balaban J connectivity index is 1.56. The molecule has 1 fully saturated rings. The average molecular weight is 292 g/mol. The van der Waals surface area contributed by atoms with Crippen LogP contribution in [0.25, 0.3) is 0 Å². The Hall–Kier alpha value is -1.36. The van der Waals surface area contributed by atoms with E-state index in [1.165, 1.54) is 5.56 Å². The molecule has 0 aliphatic carbocycles. The number of ether oxygens (including phenoxy) is 1. The minimum atomic E-state index is 0.0870. The predicted octanol–water partition coefficient (Wildman–Crippen LogP) is 2.35. The van der Waals surface area contributed by atoms with E-state index in [0.717, 1.165) is 23.7 Å². The molecule has 0 saturated carbocycles. The highest BCUT2D eigenvalue weighted by molar-refractivity contribution is 6.30. The van der Waals surface area contributed by atoms with E-state index in [2.05, 4.69) is 22.5 Å². The Morgan fingerprint density at radius 2 is 2.15 bits per heavy atom. The van der Waals surface area contributed by atoms with Gasteiger partial charge in [-0.2, -0.15) is 5.10 Å². The molecular weight excluding hydrogens is 274 g/mol. The fourth-order valence-electron chi connectivity index (χ4n) is 2.55. The fourth-order valence-corrected chi connectivity index (χ4v) is 2.68. The van der Waals surface area contributed by atoms with E-state index in [1.807, 2.05) is 29.9 Å². The summed E-state index contributed by atoms with van der Waals surface area (Å²) in [6.45, 7) is 1.52. The SMILES string of the molecule is Cn1nccc1C1CNC(Cc2ccc(Cl)cc2)CO1. The lowest BCUT2D eigenvalue weighted by Crippen LogP contribution is -2.44. The molecule has 1 aromatic heterocycles. The molecular formula is C15H18ClN3O. The predicted molar refractivity (Wildman–Crippen MR) is 78.8 cm³/mol. The van der Waals surface area contributed by atoms with Crippen molar-refractivity contribution in [1.29, 1.82) is 0 Å². The molecule has 106 valence electrons. The highest BCUT2D eigenvalue weighted by Crippen LogP contribution is 2.20. The molecule has 0 spiro atoms. The van der Waals surface area contributed by atoms with Gasteiger partial charge in [0.15, 0.2) is 0 Å². The summed E-state index contributed by atoms with van der Waals surface area (Å²) in [5, 5.41) is 8.51. The van der Waals surface area contributed by atoms with Gasteiger partial charge in [-0.15, -0.1) is 0 Å². The Kier molecular flexibility index (Phi) is 4.05. The molecule has 1 aliphatic heterocycles. The van der Waals surface area contributed by atoms with Crippen LogP contribution in [0, 0.1) is 0 Å². The minimum absolute atomic E-state index is 0.0870. The number of nitrogens with one attached hydrogen (secondary N) is 1. The van der Waals surface area contributed by atoms with E-state index >= 15 is 0 Å². The van der Waals surface area contributed by atoms with Crippen molar-refractivity contribution in [2.45, 2.75) is 18.6 Å². The zero-order valence-electron chi connectivity index (χ0n) is 11.4. The van der Waals surface area contributed by atoms with E-state index in [0.29, 0.717) is 12.6 Å². The molecule has 2 heterocycles. The molecule has 1 saturated heterocycles. The highest BCUT2D eigenvalue weighted by atomic mass is 35.5. The van der Waals surface area contributed by atoms with Crippen molar-refractivity contribution in [1.82, 2.24) is 15.1 Å². The second-order valence-corrected chi connectivity index (χ2v) is 5.57. The van der Waals surface area contributed by atoms with Crippen LogP contribution in [0.3, 0.4) is 0 Å². The molecule has 20 heavy (non-hydrogen) atoms. The molecule has 2 atom stereocenters. The maximum absolute atomic E-state index is 5.96. The topological polar surface area (TPSA) is 39.1 Å². The minimum Gasteiger partial charge on any atom is -0.369 e. The van der Waals surface area contributed by atoms with E-state index in [-0.39, 0.29) is 6.10 Å². The second-order valence-electron chi connectivity index (χ2n) is 5.14. The van der Waals surface area contributed by atoms with Gasteiger partial charge in [-0.25, -0.2) is 0 Å². The first-order valence-corrected chi connectivity index (χ1v) is 7.17. The lowest BCUT2D eigenvalue weighted by atomic mass is 10.0. The van der Waals surface area contributed by atoms with Gasteiger partial charge in [0.1, 0.15) is 6.10 Å². The van der Waals surface area contributed by atoms with Crippen molar-refractivity contribution in [3.63, 3.8) is 0 Å². The average Bonchev–Trinajstić information content (AvgIpc) is 2.89. The fraction of sp³-hybridized carbons (Fsp3) is 0.400. The summed E-state index contributed by atoms with van der Waals surface area (Å²) in [6.07, 6.45) is 2.84. The first-order valence-electron chi connectivity index (χ1n) is 6.79. The molecule has 1 aliphatic rings. The zero-order chi connectivity index (χ0) is 13.9. The van der Waals surface area contributed by atoms with Gasteiger partial charge in [0.25, 0.3) is 0 Å². The lowest BCUT2D eigenvalue weighted by molar-refractivity contribution is -0.00129. The number of morpholine rings is 1. The van der Waals surface area contributed by atoms with Gasteiger partial charge in [-0.1, -0.05) is 23.7 Å². The Morgan fingerprint density at radius 1 is 1.35 bits per heavy atom. The van der Waals surface area contributed by atoms with Gasteiger partial charge >= 0.3 is 0 Å². The normalized spacial score (nSPS) is 22.9. The molecule has 3 rings (SSSR count). The number of halogens is 1. The van der Waals surface area contributed by atoms with Crippen LogP contribution in [0.4, 0.5) is 0 Å². The summed E-state index contributed by atoms with van der Waals surface area (Å²) in [5.74, 6) is 0. The van der Waals surface area contributed by atoms with Crippen LogP contribution < -0.4 is 5.32 Å². The maximum atomic E-state index is 5.96. The van der Waals surface area contributed by atoms with Crippen molar-refractivity contribution in [3.8, 4) is 0 Å². The van der Waals surface area contributed by atoms with E-state index in [1.54, 1.807) is 6.20 Å². The number of hydrogen-bond acceptors (Lipinski definition) is 3. The Labute approximate surface area is 123 Å². The third-order valence-corrected chi connectivity index (χ3v) is 3.93. The van der Waals surface area contributed by atoms with Gasteiger partial charge in [-0.05, 0) is 30.2 Å². The van der Waals surface area contributed by atoms with Crippen LogP contribution in [0.1, 0.15) is 17.4 Å². The van der Waals surface area contributed by atoms with Crippen molar-refractivity contribution in [2.24, 2.45) is 7.05 Å². The van der Waals surface area contributed by atoms with Crippen LogP contribution >= 0.6 is 11.6 Å². The molecule has 1 N–H and O–H groups in total. The third kappa shape index (κ3) is 3.03. The van der Waals surface area contributed by atoms with Crippen LogP contribution in [-0.2, 0) is 18.2 Å². The Bertz CT molecular complexity index is 559. The van der Waals surface area contributed by atoms with Crippen molar-refractivity contribution >= 4 is 11.6 Å². The maximum Gasteiger partial charge on any atom is 0.112 e. The molecule has 2 unspecified atom stereocenters. The largest absolute Gasteiger partial charge is 0.369 e. The smallest absolute Gasteiger partial charge is 0.112 e. The number of rotatable bonds is 3. The van der Waals surface area contributed by atoms with E-state index in [9.17, 15) is 0 Å². The molecule has 5 heteroatoms. The number of aryl methyl sites for hydroxylation is 1. The summed E-state index contributed by atoms with van der Waals surface area (Å²) in [5.41, 5.74) is 2.39. The summed E-state index contributed by atoms with van der Waals surface area (Å²) >= 11 is 5.90. The summed E-state index contributed by atoms with van der Waals surface area (Å²) in [4.78, 5) is 0. The first kappa shape index (κ1) is 13.6. The summed E-state index contributed by atoms with van der Waals surface area (Å²) in [6, 6.07) is 10.3. The number of hydrogen-bond donors (Lipinski definition) is 1. The van der Waals surface area contributed by atoms with Crippen molar-refractivity contribution in [2.75, 3.05) is 13.2 Å².